The molecule has 0 saturated heterocycles. The number of unbranched alkanes of at least 4 members (excludes halogenated alkanes) is 1. The Hall–Kier alpha value is 0.0400. The van der Waals surface area contributed by atoms with Crippen molar-refractivity contribution in [1.82, 2.24) is 0 Å². The van der Waals surface area contributed by atoms with E-state index < -0.39 is 0 Å². The van der Waals surface area contributed by atoms with Crippen molar-refractivity contribution in [3.05, 3.63) is 0 Å². The van der Waals surface area contributed by atoms with Crippen LogP contribution in [-0.4, -0.2) is 5.33 Å². The molecule has 0 aliphatic carbocycles. The van der Waals surface area contributed by atoms with Crippen LogP contribution in [0.15, 0.2) is 0 Å². The zero-order valence-corrected chi connectivity index (χ0v) is 9.08. The van der Waals surface area contributed by atoms with Crippen LogP contribution in [0.2, 0.25) is 0 Å². The van der Waals surface area contributed by atoms with E-state index in [1.807, 2.05) is 0 Å². The van der Waals surface area contributed by atoms with Crippen LogP contribution < -0.4 is 0 Å². The van der Waals surface area contributed by atoms with E-state index in [2.05, 4.69) is 41.6 Å². The average Bonchev–Trinajstić information content (AvgIpc) is 2.01. The van der Waals surface area contributed by atoms with Crippen molar-refractivity contribution in [3.63, 3.8) is 0 Å². The van der Waals surface area contributed by atoms with Crippen LogP contribution in [0.3, 0.4) is 0 Å². The van der Waals surface area contributed by atoms with Crippen molar-refractivity contribution in [2.45, 2.75) is 39.5 Å². The molecular weight excluding hydrogens is 200 g/mol. The van der Waals surface area contributed by atoms with Gasteiger partial charge in [-0.25, -0.2) is 0 Å². The first-order valence-electron chi connectivity index (χ1n) is 4.35. The van der Waals surface area contributed by atoms with Crippen molar-refractivity contribution in [2.75, 3.05) is 5.33 Å². The maximum absolute atomic E-state index is 3.42. The molecule has 0 radical (unpaired) electrons. The quantitative estimate of drug-likeness (QED) is 0.383. The summed E-state index contributed by atoms with van der Waals surface area (Å²) in [7, 11) is 0. The summed E-state index contributed by atoms with van der Waals surface area (Å²) in [5, 5.41) is 1.13. The summed E-state index contributed by atoms with van der Waals surface area (Å²) >= 11 is 3.42. The smallest absolute Gasteiger partial charge is 0.0174 e. The van der Waals surface area contributed by atoms with E-state index in [1.165, 1.54) is 19.3 Å². The summed E-state index contributed by atoms with van der Waals surface area (Å²) in [6, 6.07) is 0. The van der Waals surface area contributed by atoms with Crippen LogP contribution in [0, 0.1) is 17.8 Å². The lowest BCUT2D eigenvalue weighted by molar-refractivity contribution is 0.617. The van der Waals surface area contributed by atoms with E-state index >= 15 is 0 Å². The highest BCUT2D eigenvalue weighted by molar-refractivity contribution is 9.09. The van der Waals surface area contributed by atoms with E-state index in [4.69, 9.17) is 0 Å². The Balaban J connectivity index is 3.29. The highest BCUT2D eigenvalue weighted by atomic mass is 79.9. The minimum Gasteiger partial charge on any atom is -0.103 e. The molecular formula is C10H17Br. The van der Waals surface area contributed by atoms with Gasteiger partial charge in [-0.15, -0.1) is 11.8 Å². The summed E-state index contributed by atoms with van der Waals surface area (Å²) in [6.45, 7) is 4.30. The molecule has 1 unspecified atom stereocenters. The Labute approximate surface area is 78.9 Å². The van der Waals surface area contributed by atoms with Gasteiger partial charge in [-0.05, 0) is 12.8 Å². The fraction of sp³-hybridized carbons (Fsp3) is 0.800. The SMILES string of the molecule is CCC#CC(C)CCCCBr. The van der Waals surface area contributed by atoms with Gasteiger partial charge in [0.1, 0.15) is 0 Å². The van der Waals surface area contributed by atoms with Crippen LogP contribution in [0.1, 0.15) is 39.5 Å². The van der Waals surface area contributed by atoms with Gasteiger partial charge < -0.3 is 0 Å². The van der Waals surface area contributed by atoms with Gasteiger partial charge >= 0.3 is 0 Å². The lowest BCUT2D eigenvalue weighted by Crippen LogP contribution is -1.90. The molecule has 1 heteroatoms. The van der Waals surface area contributed by atoms with Crippen molar-refractivity contribution < 1.29 is 0 Å². The third kappa shape index (κ3) is 7.94. The molecule has 0 N–H and O–H groups in total. The first-order valence-corrected chi connectivity index (χ1v) is 5.47. The zero-order valence-electron chi connectivity index (χ0n) is 7.49. The molecule has 0 aliphatic heterocycles. The molecule has 64 valence electrons. The summed E-state index contributed by atoms with van der Waals surface area (Å²) in [5.74, 6) is 6.93. The standard InChI is InChI=1S/C10H17Br/c1-3-4-7-10(2)8-5-6-9-11/h10H,3,5-6,8-9H2,1-2H3. The van der Waals surface area contributed by atoms with E-state index in [9.17, 15) is 0 Å². The minimum absolute atomic E-state index is 0.592. The Bertz CT molecular complexity index is 130. The fourth-order valence-corrected chi connectivity index (χ4v) is 1.29. The van der Waals surface area contributed by atoms with E-state index in [0.29, 0.717) is 5.92 Å². The molecule has 0 aromatic carbocycles. The number of alkyl halides is 1. The number of rotatable bonds is 4. The van der Waals surface area contributed by atoms with Crippen molar-refractivity contribution in [2.24, 2.45) is 5.92 Å². The fourth-order valence-electron chi connectivity index (χ4n) is 0.893. The van der Waals surface area contributed by atoms with Crippen molar-refractivity contribution in [1.29, 1.82) is 0 Å². The van der Waals surface area contributed by atoms with Crippen molar-refractivity contribution in [3.8, 4) is 11.8 Å². The molecule has 0 bridgehead atoms. The highest BCUT2D eigenvalue weighted by Crippen LogP contribution is 2.07. The number of hydrogen-bond acceptors (Lipinski definition) is 0. The predicted molar refractivity (Wildman–Crippen MR) is 54.9 cm³/mol. The first-order chi connectivity index (χ1) is 5.31. The molecule has 0 aromatic rings. The van der Waals surface area contributed by atoms with Gasteiger partial charge in [0.15, 0.2) is 0 Å². The molecule has 0 heterocycles. The molecule has 0 aromatic heterocycles. The van der Waals surface area contributed by atoms with Gasteiger partial charge in [-0.2, -0.15) is 0 Å². The van der Waals surface area contributed by atoms with Gasteiger partial charge in [-0.1, -0.05) is 36.2 Å². The van der Waals surface area contributed by atoms with Gasteiger partial charge in [0, 0.05) is 17.7 Å². The van der Waals surface area contributed by atoms with Gasteiger partial charge in [0.05, 0.1) is 0 Å². The summed E-state index contributed by atoms with van der Waals surface area (Å²) < 4.78 is 0. The zero-order chi connectivity index (χ0) is 8.53. The lowest BCUT2D eigenvalue weighted by atomic mass is 10.1. The largest absolute Gasteiger partial charge is 0.103 e. The number of halogens is 1. The minimum atomic E-state index is 0.592. The molecule has 0 nitrogen and oxygen atoms in total. The Morgan fingerprint density at radius 3 is 2.64 bits per heavy atom. The molecule has 0 saturated carbocycles. The van der Waals surface area contributed by atoms with Gasteiger partial charge in [0.25, 0.3) is 0 Å². The summed E-state index contributed by atoms with van der Waals surface area (Å²) in [6.07, 6.45) is 4.81. The van der Waals surface area contributed by atoms with E-state index in [0.717, 1.165) is 11.8 Å². The first kappa shape index (κ1) is 11.0. The summed E-state index contributed by atoms with van der Waals surface area (Å²) in [5.41, 5.74) is 0. The Morgan fingerprint density at radius 2 is 2.09 bits per heavy atom. The normalized spacial score (nSPS) is 11.9. The number of hydrogen-bond donors (Lipinski definition) is 0. The van der Waals surface area contributed by atoms with Gasteiger partial charge in [0.2, 0.25) is 0 Å². The van der Waals surface area contributed by atoms with E-state index in [-0.39, 0.29) is 0 Å². The Morgan fingerprint density at radius 1 is 1.36 bits per heavy atom. The van der Waals surface area contributed by atoms with Crippen LogP contribution in [0.4, 0.5) is 0 Å². The third-order valence-corrected chi connectivity index (χ3v) is 2.11. The molecule has 0 spiro atoms. The molecule has 0 amide bonds. The predicted octanol–water partition coefficient (Wildman–Crippen LogP) is 3.60. The van der Waals surface area contributed by atoms with Gasteiger partial charge in [-0.3, -0.25) is 0 Å². The van der Waals surface area contributed by atoms with Crippen LogP contribution in [-0.2, 0) is 0 Å². The highest BCUT2D eigenvalue weighted by Gasteiger charge is 1.95. The second-order valence-electron chi connectivity index (χ2n) is 2.76. The summed E-state index contributed by atoms with van der Waals surface area (Å²) in [4.78, 5) is 0. The lowest BCUT2D eigenvalue weighted by Gasteiger charge is -2.00. The maximum Gasteiger partial charge on any atom is 0.0174 e. The maximum atomic E-state index is 3.42. The van der Waals surface area contributed by atoms with Crippen LogP contribution in [0.25, 0.3) is 0 Å². The second kappa shape index (κ2) is 8.14. The molecule has 11 heavy (non-hydrogen) atoms. The molecule has 0 aliphatic rings. The van der Waals surface area contributed by atoms with E-state index in [1.54, 1.807) is 0 Å². The van der Waals surface area contributed by atoms with Crippen LogP contribution in [0.5, 0.6) is 0 Å². The topological polar surface area (TPSA) is 0 Å². The average molecular weight is 217 g/mol. The molecule has 0 fully saturated rings. The molecule has 0 rings (SSSR count). The second-order valence-corrected chi connectivity index (χ2v) is 3.55. The Kier molecular flexibility index (Phi) is 8.17. The third-order valence-electron chi connectivity index (χ3n) is 1.55. The molecule has 1 atom stereocenters. The monoisotopic (exact) mass is 216 g/mol. The van der Waals surface area contributed by atoms with Crippen molar-refractivity contribution >= 4 is 15.9 Å². The van der Waals surface area contributed by atoms with Crippen LogP contribution >= 0.6 is 15.9 Å².